The average Bonchev–Trinajstić information content (AvgIpc) is 2.51. The summed E-state index contributed by atoms with van der Waals surface area (Å²) in [7, 11) is 0. The van der Waals surface area contributed by atoms with Gasteiger partial charge in [-0.2, -0.15) is 0 Å². The molecule has 0 bridgehead atoms. The minimum atomic E-state index is -1.24. The molecule has 0 N–H and O–H groups in total. The molecule has 2 aliphatic rings. The van der Waals surface area contributed by atoms with Crippen LogP contribution in [0.1, 0.15) is 37.7 Å². The molecule has 23 heavy (non-hydrogen) atoms. The van der Waals surface area contributed by atoms with Crippen LogP contribution in [0.5, 0.6) is 0 Å². The van der Waals surface area contributed by atoms with Crippen molar-refractivity contribution in [2.75, 3.05) is 13.2 Å². The molecule has 0 radical (unpaired) electrons. The molecular formula is C17H18O6. The van der Waals surface area contributed by atoms with Crippen LogP contribution in [0.2, 0.25) is 0 Å². The van der Waals surface area contributed by atoms with Gasteiger partial charge in [0.2, 0.25) is 0 Å². The maximum atomic E-state index is 12.0. The Kier molecular flexibility index (Phi) is 4.19. The summed E-state index contributed by atoms with van der Waals surface area (Å²) < 4.78 is 21.3. The van der Waals surface area contributed by atoms with Gasteiger partial charge in [-0.05, 0) is 24.1 Å². The van der Waals surface area contributed by atoms with Crippen LogP contribution in [0, 0.1) is 0 Å². The molecule has 0 amide bonds. The number of cyclic esters (lactones) is 2. The summed E-state index contributed by atoms with van der Waals surface area (Å²) in [5.41, 5.74) is 1.37. The Balaban J connectivity index is 1.84. The van der Waals surface area contributed by atoms with Crippen LogP contribution in [0.3, 0.4) is 0 Å². The molecule has 0 atom stereocenters. The lowest BCUT2D eigenvalue weighted by molar-refractivity contribution is -0.222. The van der Waals surface area contributed by atoms with Crippen molar-refractivity contribution >= 4 is 18.0 Å². The number of carbonyl (C=O) groups is 2. The Bertz CT molecular complexity index is 633. The maximum Gasteiger partial charge on any atom is 0.348 e. The number of hydrogen-bond donors (Lipinski definition) is 0. The van der Waals surface area contributed by atoms with Crippen molar-refractivity contribution in [3.05, 3.63) is 41.0 Å². The van der Waals surface area contributed by atoms with Crippen LogP contribution in [-0.4, -0.2) is 30.9 Å². The SMILES string of the molecule is CC1(C)OC(=O)C(=Cc2cccc(C3OCCCO3)c2)C(=O)O1. The van der Waals surface area contributed by atoms with Gasteiger partial charge in [0, 0.05) is 19.4 Å². The van der Waals surface area contributed by atoms with Crippen molar-refractivity contribution in [3.63, 3.8) is 0 Å². The lowest BCUT2D eigenvalue weighted by Gasteiger charge is -2.29. The highest BCUT2D eigenvalue weighted by Crippen LogP contribution is 2.26. The number of ether oxygens (including phenoxy) is 4. The summed E-state index contributed by atoms with van der Waals surface area (Å²) in [6, 6.07) is 7.27. The first kappa shape index (κ1) is 15.7. The second kappa shape index (κ2) is 6.14. The van der Waals surface area contributed by atoms with E-state index in [1.807, 2.05) is 18.2 Å². The van der Waals surface area contributed by atoms with Crippen molar-refractivity contribution in [1.82, 2.24) is 0 Å². The third kappa shape index (κ3) is 3.60. The highest BCUT2D eigenvalue weighted by atomic mass is 16.7. The zero-order chi connectivity index (χ0) is 16.4. The molecule has 2 saturated heterocycles. The summed E-state index contributed by atoms with van der Waals surface area (Å²) in [6.07, 6.45) is 1.89. The van der Waals surface area contributed by atoms with Gasteiger partial charge in [0.1, 0.15) is 5.57 Å². The number of rotatable bonds is 2. The number of benzene rings is 1. The molecule has 0 spiro atoms. The number of carbonyl (C=O) groups excluding carboxylic acids is 2. The quantitative estimate of drug-likeness (QED) is 0.473. The smallest absolute Gasteiger partial charge is 0.348 e. The summed E-state index contributed by atoms with van der Waals surface area (Å²) in [6.45, 7) is 4.31. The normalized spacial score (nSPS) is 21.6. The number of hydrogen-bond acceptors (Lipinski definition) is 6. The lowest BCUT2D eigenvalue weighted by atomic mass is 10.1. The topological polar surface area (TPSA) is 71.1 Å². The molecule has 6 nitrogen and oxygen atoms in total. The first-order valence-electron chi connectivity index (χ1n) is 7.46. The molecular weight excluding hydrogens is 300 g/mol. The Morgan fingerprint density at radius 1 is 1.09 bits per heavy atom. The summed E-state index contributed by atoms with van der Waals surface area (Å²) in [4.78, 5) is 23.9. The van der Waals surface area contributed by atoms with E-state index < -0.39 is 24.0 Å². The van der Waals surface area contributed by atoms with Gasteiger partial charge in [-0.3, -0.25) is 0 Å². The van der Waals surface area contributed by atoms with Crippen molar-refractivity contribution in [2.45, 2.75) is 32.3 Å². The van der Waals surface area contributed by atoms with Gasteiger partial charge in [0.25, 0.3) is 5.79 Å². The molecule has 2 aliphatic heterocycles. The van der Waals surface area contributed by atoms with Crippen LogP contribution in [0.25, 0.3) is 6.08 Å². The van der Waals surface area contributed by atoms with Crippen molar-refractivity contribution in [1.29, 1.82) is 0 Å². The maximum absolute atomic E-state index is 12.0. The predicted octanol–water partition coefficient (Wildman–Crippen LogP) is 2.34. The van der Waals surface area contributed by atoms with Gasteiger partial charge in [-0.1, -0.05) is 18.2 Å². The Morgan fingerprint density at radius 2 is 1.74 bits per heavy atom. The van der Waals surface area contributed by atoms with Crippen LogP contribution in [-0.2, 0) is 28.5 Å². The molecule has 6 heteroatoms. The van der Waals surface area contributed by atoms with Gasteiger partial charge >= 0.3 is 11.9 Å². The highest BCUT2D eigenvalue weighted by Gasteiger charge is 2.38. The van der Waals surface area contributed by atoms with E-state index in [-0.39, 0.29) is 5.57 Å². The van der Waals surface area contributed by atoms with Crippen molar-refractivity contribution in [3.8, 4) is 0 Å². The summed E-state index contributed by atoms with van der Waals surface area (Å²) >= 11 is 0. The Labute approximate surface area is 134 Å². The van der Waals surface area contributed by atoms with Gasteiger partial charge < -0.3 is 18.9 Å². The lowest BCUT2D eigenvalue weighted by Crippen LogP contribution is -2.41. The molecule has 1 aromatic carbocycles. The fourth-order valence-corrected chi connectivity index (χ4v) is 2.42. The van der Waals surface area contributed by atoms with E-state index in [9.17, 15) is 9.59 Å². The second-order valence-electron chi connectivity index (χ2n) is 5.83. The van der Waals surface area contributed by atoms with Crippen LogP contribution in [0.15, 0.2) is 29.8 Å². The van der Waals surface area contributed by atoms with E-state index in [2.05, 4.69) is 0 Å². The molecule has 0 aliphatic carbocycles. The first-order chi connectivity index (χ1) is 10.9. The standard InChI is InChI=1S/C17H18O6/c1-17(2)22-14(18)13(15(19)23-17)10-11-5-3-6-12(9-11)16-20-7-4-8-21-16/h3,5-6,9-10,16H,4,7-8H2,1-2H3. The predicted molar refractivity (Wildman–Crippen MR) is 79.9 cm³/mol. The van der Waals surface area contributed by atoms with Gasteiger partial charge in [-0.25, -0.2) is 9.59 Å². The third-order valence-electron chi connectivity index (χ3n) is 3.44. The van der Waals surface area contributed by atoms with Crippen molar-refractivity contribution in [2.24, 2.45) is 0 Å². The summed E-state index contributed by atoms with van der Waals surface area (Å²) in [5.74, 6) is -2.62. The van der Waals surface area contributed by atoms with E-state index in [0.717, 1.165) is 12.0 Å². The zero-order valence-corrected chi connectivity index (χ0v) is 13.0. The Hall–Kier alpha value is -2.18. The fraction of sp³-hybridized carbons (Fsp3) is 0.412. The number of esters is 2. The van der Waals surface area contributed by atoms with Crippen LogP contribution in [0.4, 0.5) is 0 Å². The van der Waals surface area contributed by atoms with E-state index in [1.54, 1.807) is 6.07 Å². The monoisotopic (exact) mass is 318 g/mol. The first-order valence-corrected chi connectivity index (χ1v) is 7.46. The highest BCUT2D eigenvalue weighted by molar-refractivity contribution is 6.18. The molecule has 0 saturated carbocycles. The van der Waals surface area contributed by atoms with Crippen LogP contribution < -0.4 is 0 Å². The van der Waals surface area contributed by atoms with Crippen LogP contribution >= 0.6 is 0 Å². The molecule has 3 rings (SSSR count). The molecule has 2 heterocycles. The third-order valence-corrected chi connectivity index (χ3v) is 3.44. The molecule has 1 aromatic rings. The van der Waals surface area contributed by atoms with E-state index in [0.29, 0.717) is 18.8 Å². The zero-order valence-electron chi connectivity index (χ0n) is 13.0. The van der Waals surface area contributed by atoms with E-state index in [1.165, 1.54) is 19.9 Å². The van der Waals surface area contributed by atoms with E-state index in [4.69, 9.17) is 18.9 Å². The van der Waals surface area contributed by atoms with Gasteiger partial charge in [0.15, 0.2) is 6.29 Å². The fourth-order valence-electron chi connectivity index (χ4n) is 2.42. The average molecular weight is 318 g/mol. The minimum Gasteiger partial charge on any atom is -0.419 e. The second-order valence-corrected chi connectivity index (χ2v) is 5.83. The molecule has 122 valence electrons. The Morgan fingerprint density at radius 3 is 2.39 bits per heavy atom. The summed E-state index contributed by atoms with van der Waals surface area (Å²) in [5, 5.41) is 0. The molecule has 2 fully saturated rings. The minimum absolute atomic E-state index is 0.132. The van der Waals surface area contributed by atoms with Crippen molar-refractivity contribution < 1.29 is 28.5 Å². The van der Waals surface area contributed by atoms with Gasteiger partial charge in [0.05, 0.1) is 13.2 Å². The largest absolute Gasteiger partial charge is 0.419 e. The van der Waals surface area contributed by atoms with Gasteiger partial charge in [-0.15, -0.1) is 0 Å². The molecule has 0 aromatic heterocycles. The molecule has 0 unspecified atom stereocenters. The van der Waals surface area contributed by atoms with E-state index >= 15 is 0 Å².